The summed E-state index contributed by atoms with van der Waals surface area (Å²) in [6.07, 6.45) is 4.01. The van der Waals surface area contributed by atoms with Gasteiger partial charge in [-0.1, -0.05) is 6.07 Å². The van der Waals surface area contributed by atoms with Crippen LogP contribution in [0.3, 0.4) is 0 Å². The first-order chi connectivity index (χ1) is 8.84. The van der Waals surface area contributed by atoms with Crippen molar-refractivity contribution in [3.8, 4) is 0 Å². The van der Waals surface area contributed by atoms with E-state index in [0.29, 0.717) is 6.04 Å². The monoisotopic (exact) mass is 242 g/mol. The molecule has 3 heteroatoms. The molecule has 3 rings (SSSR count). The molecular formula is C15H18N2O. The first kappa shape index (κ1) is 11.5. The normalized spacial score (nSPS) is 16.9. The molecule has 94 valence electrons. The van der Waals surface area contributed by atoms with E-state index in [2.05, 4.69) is 35.4 Å². The summed E-state index contributed by atoms with van der Waals surface area (Å²) in [5, 5.41) is 4.84. The molecule has 0 spiro atoms. The van der Waals surface area contributed by atoms with Crippen LogP contribution in [0.2, 0.25) is 0 Å². The molecule has 1 fully saturated rings. The summed E-state index contributed by atoms with van der Waals surface area (Å²) in [7, 11) is 0. The quantitative estimate of drug-likeness (QED) is 0.878. The van der Waals surface area contributed by atoms with Crippen LogP contribution in [0.25, 0.3) is 10.9 Å². The molecule has 0 saturated carbocycles. The van der Waals surface area contributed by atoms with Crippen molar-refractivity contribution in [2.24, 2.45) is 0 Å². The second-order valence-corrected chi connectivity index (χ2v) is 4.86. The Morgan fingerprint density at radius 3 is 2.89 bits per heavy atom. The van der Waals surface area contributed by atoms with E-state index >= 15 is 0 Å². The summed E-state index contributed by atoms with van der Waals surface area (Å²) < 4.78 is 5.39. The van der Waals surface area contributed by atoms with E-state index in [-0.39, 0.29) is 0 Å². The number of aryl methyl sites for hydroxylation is 1. The number of hydrogen-bond acceptors (Lipinski definition) is 3. The third kappa shape index (κ3) is 2.18. The van der Waals surface area contributed by atoms with E-state index < -0.39 is 0 Å². The lowest BCUT2D eigenvalue weighted by Crippen LogP contribution is -2.27. The van der Waals surface area contributed by atoms with Crippen molar-refractivity contribution in [2.75, 3.05) is 18.5 Å². The van der Waals surface area contributed by atoms with E-state index in [9.17, 15) is 0 Å². The average Bonchev–Trinajstić information content (AvgIpc) is 2.44. The molecule has 0 bridgehead atoms. The highest BCUT2D eigenvalue weighted by Crippen LogP contribution is 2.26. The Morgan fingerprint density at radius 1 is 1.22 bits per heavy atom. The van der Waals surface area contributed by atoms with Gasteiger partial charge < -0.3 is 10.1 Å². The Kier molecular flexibility index (Phi) is 3.15. The number of ether oxygens (including phenoxy) is 1. The van der Waals surface area contributed by atoms with Crippen LogP contribution in [-0.4, -0.2) is 24.2 Å². The number of nitrogens with zero attached hydrogens (tertiary/aromatic N) is 1. The van der Waals surface area contributed by atoms with Gasteiger partial charge in [-0.15, -0.1) is 0 Å². The van der Waals surface area contributed by atoms with Crippen molar-refractivity contribution in [1.29, 1.82) is 0 Å². The molecule has 1 aromatic heterocycles. The second kappa shape index (κ2) is 4.94. The number of anilines is 1. The number of nitrogens with one attached hydrogen (secondary N) is 1. The van der Waals surface area contributed by atoms with Crippen molar-refractivity contribution in [3.05, 3.63) is 36.0 Å². The Hall–Kier alpha value is -1.61. The number of pyridine rings is 1. The van der Waals surface area contributed by atoms with Crippen molar-refractivity contribution >= 4 is 16.6 Å². The SMILES string of the molecule is Cc1ccc(NC2CCOCC2)c2cccnc12. The molecular weight excluding hydrogens is 224 g/mol. The molecule has 1 aliphatic rings. The Balaban J connectivity index is 1.94. The molecule has 18 heavy (non-hydrogen) atoms. The average molecular weight is 242 g/mol. The zero-order valence-corrected chi connectivity index (χ0v) is 10.6. The predicted octanol–water partition coefficient (Wildman–Crippen LogP) is 3.13. The molecule has 1 saturated heterocycles. The molecule has 2 heterocycles. The standard InChI is InChI=1S/C15H18N2O/c1-11-4-5-14(13-3-2-8-16-15(11)13)17-12-6-9-18-10-7-12/h2-5,8,12,17H,6-7,9-10H2,1H3. The highest BCUT2D eigenvalue weighted by atomic mass is 16.5. The highest BCUT2D eigenvalue weighted by Gasteiger charge is 2.14. The number of fused-ring (bicyclic) bond motifs is 1. The molecule has 2 aromatic rings. The summed E-state index contributed by atoms with van der Waals surface area (Å²) >= 11 is 0. The molecule has 0 amide bonds. The fourth-order valence-electron chi connectivity index (χ4n) is 2.50. The second-order valence-electron chi connectivity index (χ2n) is 4.86. The number of rotatable bonds is 2. The molecule has 0 aliphatic carbocycles. The highest BCUT2D eigenvalue weighted by molar-refractivity contribution is 5.93. The van der Waals surface area contributed by atoms with E-state index in [0.717, 1.165) is 31.6 Å². The van der Waals surface area contributed by atoms with E-state index in [1.165, 1.54) is 16.6 Å². The fraction of sp³-hybridized carbons (Fsp3) is 0.400. The van der Waals surface area contributed by atoms with Crippen molar-refractivity contribution < 1.29 is 4.74 Å². The van der Waals surface area contributed by atoms with Crippen LogP contribution in [-0.2, 0) is 4.74 Å². The van der Waals surface area contributed by atoms with Gasteiger partial charge in [0, 0.05) is 36.5 Å². The molecule has 0 unspecified atom stereocenters. The van der Waals surface area contributed by atoms with Crippen LogP contribution in [0.5, 0.6) is 0 Å². The first-order valence-corrected chi connectivity index (χ1v) is 6.53. The van der Waals surface area contributed by atoms with Gasteiger partial charge >= 0.3 is 0 Å². The zero-order valence-electron chi connectivity index (χ0n) is 10.6. The molecule has 1 aromatic carbocycles. The lowest BCUT2D eigenvalue weighted by atomic mass is 10.1. The van der Waals surface area contributed by atoms with Gasteiger partial charge in [0.1, 0.15) is 0 Å². The van der Waals surface area contributed by atoms with Gasteiger partial charge in [-0.25, -0.2) is 0 Å². The fourth-order valence-corrected chi connectivity index (χ4v) is 2.50. The number of benzene rings is 1. The summed E-state index contributed by atoms with van der Waals surface area (Å²) in [5.41, 5.74) is 3.51. The smallest absolute Gasteiger partial charge is 0.0751 e. The molecule has 0 radical (unpaired) electrons. The van der Waals surface area contributed by atoms with Gasteiger partial charge in [-0.2, -0.15) is 0 Å². The van der Waals surface area contributed by atoms with Gasteiger partial charge in [-0.3, -0.25) is 4.98 Å². The van der Waals surface area contributed by atoms with Crippen molar-refractivity contribution in [1.82, 2.24) is 4.98 Å². The van der Waals surface area contributed by atoms with E-state index in [1.54, 1.807) is 0 Å². The maximum absolute atomic E-state index is 5.39. The van der Waals surface area contributed by atoms with E-state index in [1.807, 2.05) is 12.3 Å². The molecule has 1 N–H and O–H groups in total. The van der Waals surface area contributed by atoms with Crippen LogP contribution < -0.4 is 5.32 Å². The summed E-state index contributed by atoms with van der Waals surface area (Å²) in [6.45, 7) is 3.83. The van der Waals surface area contributed by atoms with Crippen LogP contribution in [0, 0.1) is 6.92 Å². The lowest BCUT2D eigenvalue weighted by Gasteiger charge is -2.25. The number of hydrogen-bond donors (Lipinski definition) is 1. The zero-order chi connectivity index (χ0) is 12.4. The maximum Gasteiger partial charge on any atom is 0.0751 e. The Morgan fingerprint density at radius 2 is 2.06 bits per heavy atom. The van der Waals surface area contributed by atoms with Gasteiger partial charge in [0.25, 0.3) is 0 Å². The van der Waals surface area contributed by atoms with Gasteiger partial charge in [-0.05, 0) is 43.5 Å². The topological polar surface area (TPSA) is 34.1 Å². The third-order valence-electron chi connectivity index (χ3n) is 3.55. The Labute approximate surface area is 107 Å². The first-order valence-electron chi connectivity index (χ1n) is 6.53. The minimum absolute atomic E-state index is 0.518. The van der Waals surface area contributed by atoms with Crippen LogP contribution in [0.1, 0.15) is 18.4 Å². The van der Waals surface area contributed by atoms with Crippen molar-refractivity contribution in [3.63, 3.8) is 0 Å². The van der Waals surface area contributed by atoms with Crippen LogP contribution in [0.15, 0.2) is 30.5 Å². The minimum atomic E-state index is 0.518. The Bertz CT molecular complexity index is 547. The third-order valence-corrected chi connectivity index (χ3v) is 3.55. The summed E-state index contributed by atoms with van der Waals surface area (Å²) in [4.78, 5) is 4.47. The largest absolute Gasteiger partial charge is 0.382 e. The predicted molar refractivity (Wildman–Crippen MR) is 73.9 cm³/mol. The van der Waals surface area contributed by atoms with Gasteiger partial charge in [0.2, 0.25) is 0 Å². The van der Waals surface area contributed by atoms with Gasteiger partial charge in [0.05, 0.1) is 5.52 Å². The minimum Gasteiger partial charge on any atom is -0.382 e. The van der Waals surface area contributed by atoms with Crippen molar-refractivity contribution in [2.45, 2.75) is 25.8 Å². The van der Waals surface area contributed by atoms with Crippen LogP contribution >= 0.6 is 0 Å². The maximum atomic E-state index is 5.39. The van der Waals surface area contributed by atoms with Gasteiger partial charge in [0.15, 0.2) is 0 Å². The van der Waals surface area contributed by atoms with Crippen LogP contribution in [0.4, 0.5) is 5.69 Å². The molecule has 0 atom stereocenters. The summed E-state index contributed by atoms with van der Waals surface area (Å²) in [6, 6.07) is 8.95. The van der Waals surface area contributed by atoms with E-state index in [4.69, 9.17) is 4.74 Å². The number of aromatic nitrogens is 1. The lowest BCUT2D eigenvalue weighted by molar-refractivity contribution is 0.0905. The molecule has 1 aliphatic heterocycles. The molecule has 3 nitrogen and oxygen atoms in total. The summed E-state index contributed by atoms with van der Waals surface area (Å²) in [5.74, 6) is 0.